The van der Waals surface area contributed by atoms with Crippen LogP contribution >= 0.6 is 0 Å². The fourth-order valence-electron chi connectivity index (χ4n) is 2.29. The van der Waals surface area contributed by atoms with Gasteiger partial charge in [0.2, 0.25) is 6.79 Å². The van der Waals surface area contributed by atoms with Crippen LogP contribution in [0.2, 0.25) is 0 Å². The number of aryl methyl sites for hydroxylation is 2. The minimum absolute atomic E-state index is 0.288. The molecule has 2 aromatic rings. The number of hydrogen-bond acceptors (Lipinski definition) is 3. The Morgan fingerprint density at radius 2 is 1.68 bits per heavy atom. The van der Waals surface area contributed by atoms with E-state index >= 15 is 0 Å². The van der Waals surface area contributed by atoms with Gasteiger partial charge in [0.1, 0.15) is 12.4 Å². The molecule has 3 nitrogen and oxygen atoms in total. The van der Waals surface area contributed by atoms with Crippen LogP contribution in [0, 0.1) is 13.8 Å². The second kappa shape index (κ2) is 4.84. The number of fused-ring (bicyclic) bond motifs is 1. The molecule has 0 spiro atoms. The Morgan fingerprint density at radius 1 is 0.947 bits per heavy atom. The molecular weight excluding hydrogens is 240 g/mol. The van der Waals surface area contributed by atoms with Gasteiger partial charge in [-0.25, -0.2) is 0 Å². The summed E-state index contributed by atoms with van der Waals surface area (Å²) in [5.41, 5.74) is 3.68. The summed E-state index contributed by atoms with van der Waals surface area (Å²) in [5, 5.41) is 0. The van der Waals surface area contributed by atoms with Gasteiger partial charge in [-0.2, -0.15) is 0 Å². The van der Waals surface area contributed by atoms with Gasteiger partial charge in [0.05, 0.1) is 0 Å². The van der Waals surface area contributed by atoms with Gasteiger partial charge >= 0.3 is 0 Å². The van der Waals surface area contributed by atoms with E-state index in [9.17, 15) is 0 Å². The van der Waals surface area contributed by atoms with Crippen molar-refractivity contribution in [1.29, 1.82) is 0 Å². The van der Waals surface area contributed by atoms with Crippen LogP contribution in [0.15, 0.2) is 36.4 Å². The standard InChI is InChI=1S/C16H16O3/c1-11-5-12(2)7-13(6-11)9-17-14-3-4-15-16(8-14)19-10-18-15/h3-8H,9-10H2,1-2H3. The molecule has 3 rings (SSSR count). The molecule has 19 heavy (non-hydrogen) atoms. The van der Waals surface area contributed by atoms with E-state index in [0.29, 0.717) is 6.61 Å². The van der Waals surface area contributed by atoms with E-state index in [1.165, 1.54) is 16.7 Å². The minimum atomic E-state index is 0.288. The number of ether oxygens (including phenoxy) is 3. The van der Waals surface area contributed by atoms with Crippen LogP contribution in [0.5, 0.6) is 17.2 Å². The van der Waals surface area contributed by atoms with E-state index in [-0.39, 0.29) is 6.79 Å². The third-order valence-electron chi connectivity index (χ3n) is 3.03. The van der Waals surface area contributed by atoms with Crippen LogP contribution in [0.1, 0.15) is 16.7 Å². The lowest BCUT2D eigenvalue weighted by atomic mass is 10.1. The topological polar surface area (TPSA) is 27.7 Å². The highest BCUT2D eigenvalue weighted by molar-refractivity contribution is 5.47. The fraction of sp³-hybridized carbons (Fsp3) is 0.250. The van der Waals surface area contributed by atoms with E-state index in [4.69, 9.17) is 14.2 Å². The van der Waals surface area contributed by atoms with Gasteiger partial charge in [-0.3, -0.25) is 0 Å². The molecule has 0 fully saturated rings. The Hall–Kier alpha value is -2.16. The second-order valence-corrected chi connectivity index (χ2v) is 4.80. The van der Waals surface area contributed by atoms with Crippen molar-refractivity contribution in [1.82, 2.24) is 0 Å². The number of rotatable bonds is 3. The van der Waals surface area contributed by atoms with E-state index in [0.717, 1.165) is 17.2 Å². The Balaban J connectivity index is 1.72. The van der Waals surface area contributed by atoms with Gasteiger partial charge in [-0.1, -0.05) is 29.3 Å². The van der Waals surface area contributed by atoms with Crippen LogP contribution in [-0.4, -0.2) is 6.79 Å². The van der Waals surface area contributed by atoms with E-state index < -0.39 is 0 Å². The van der Waals surface area contributed by atoms with Crippen molar-refractivity contribution in [2.45, 2.75) is 20.5 Å². The van der Waals surface area contributed by atoms with E-state index in [2.05, 4.69) is 32.0 Å². The van der Waals surface area contributed by atoms with Gasteiger partial charge in [-0.05, 0) is 31.5 Å². The average Bonchev–Trinajstić information content (AvgIpc) is 2.82. The molecule has 0 radical (unpaired) electrons. The number of benzene rings is 2. The minimum Gasteiger partial charge on any atom is -0.489 e. The highest BCUT2D eigenvalue weighted by atomic mass is 16.7. The highest BCUT2D eigenvalue weighted by Gasteiger charge is 2.13. The molecule has 0 saturated heterocycles. The molecule has 1 heterocycles. The molecule has 0 bridgehead atoms. The Bertz CT molecular complexity index is 585. The molecule has 0 amide bonds. The first-order chi connectivity index (χ1) is 9.20. The van der Waals surface area contributed by atoms with Crippen molar-refractivity contribution < 1.29 is 14.2 Å². The summed E-state index contributed by atoms with van der Waals surface area (Å²) < 4.78 is 16.4. The lowest BCUT2D eigenvalue weighted by molar-refractivity contribution is 0.173. The van der Waals surface area contributed by atoms with Crippen LogP contribution in [0.25, 0.3) is 0 Å². The third kappa shape index (κ3) is 2.65. The first-order valence-electron chi connectivity index (χ1n) is 6.30. The Kier molecular flexibility index (Phi) is 3.03. The molecule has 0 unspecified atom stereocenters. The summed E-state index contributed by atoms with van der Waals surface area (Å²) >= 11 is 0. The van der Waals surface area contributed by atoms with Crippen molar-refractivity contribution in [3.8, 4) is 17.2 Å². The largest absolute Gasteiger partial charge is 0.489 e. The smallest absolute Gasteiger partial charge is 0.231 e. The molecule has 2 aromatic carbocycles. The number of hydrogen-bond donors (Lipinski definition) is 0. The van der Waals surface area contributed by atoms with Crippen molar-refractivity contribution in [2.24, 2.45) is 0 Å². The summed E-state index contributed by atoms with van der Waals surface area (Å²) in [7, 11) is 0. The van der Waals surface area contributed by atoms with Crippen LogP contribution in [-0.2, 0) is 6.61 Å². The molecule has 0 N–H and O–H groups in total. The zero-order chi connectivity index (χ0) is 13.2. The molecule has 98 valence electrons. The summed E-state index contributed by atoms with van der Waals surface area (Å²) in [4.78, 5) is 0. The van der Waals surface area contributed by atoms with Crippen molar-refractivity contribution in [2.75, 3.05) is 6.79 Å². The summed E-state index contributed by atoms with van der Waals surface area (Å²) in [5.74, 6) is 2.32. The SMILES string of the molecule is Cc1cc(C)cc(COc2ccc3c(c2)OCO3)c1. The maximum atomic E-state index is 5.79. The quantitative estimate of drug-likeness (QED) is 0.839. The van der Waals surface area contributed by atoms with Gasteiger partial charge < -0.3 is 14.2 Å². The Labute approximate surface area is 112 Å². The van der Waals surface area contributed by atoms with Crippen molar-refractivity contribution in [3.63, 3.8) is 0 Å². The van der Waals surface area contributed by atoms with Crippen molar-refractivity contribution in [3.05, 3.63) is 53.1 Å². The monoisotopic (exact) mass is 256 g/mol. The van der Waals surface area contributed by atoms with Crippen LogP contribution in [0.3, 0.4) is 0 Å². The van der Waals surface area contributed by atoms with Crippen molar-refractivity contribution >= 4 is 0 Å². The zero-order valence-corrected chi connectivity index (χ0v) is 11.1. The lowest BCUT2D eigenvalue weighted by Crippen LogP contribution is -1.96. The van der Waals surface area contributed by atoms with Gasteiger partial charge in [0.15, 0.2) is 11.5 Å². The molecule has 0 aromatic heterocycles. The lowest BCUT2D eigenvalue weighted by Gasteiger charge is -2.08. The van der Waals surface area contributed by atoms with Crippen LogP contribution in [0.4, 0.5) is 0 Å². The Morgan fingerprint density at radius 3 is 2.47 bits per heavy atom. The molecule has 3 heteroatoms. The molecule has 0 atom stereocenters. The van der Waals surface area contributed by atoms with E-state index in [1.807, 2.05) is 18.2 Å². The van der Waals surface area contributed by atoms with Gasteiger partial charge in [0, 0.05) is 6.07 Å². The first-order valence-corrected chi connectivity index (χ1v) is 6.30. The van der Waals surface area contributed by atoms with Crippen LogP contribution < -0.4 is 14.2 Å². The zero-order valence-electron chi connectivity index (χ0n) is 11.1. The van der Waals surface area contributed by atoms with Gasteiger partial charge in [0.25, 0.3) is 0 Å². The fourth-order valence-corrected chi connectivity index (χ4v) is 2.29. The maximum Gasteiger partial charge on any atom is 0.231 e. The summed E-state index contributed by atoms with van der Waals surface area (Å²) in [6, 6.07) is 12.1. The van der Waals surface area contributed by atoms with E-state index in [1.54, 1.807) is 0 Å². The predicted molar refractivity (Wildman–Crippen MR) is 72.8 cm³/mol. The maximum absolute atomic E-state index is 5.79. The average molecular weight is 256 g/mol. The molecule has 0 aliphatic carbocycles. The highest BCUT2D eigenvalue weighted by Crippen LogP contribution is 2.35. The van der Waals surface area contributed by atoms with Gasteiger partial charge in [-0.15, -0.1) is 0 Å². The summed E-state index contributed by atoms with van der Waals surface area (Å²) in [6.45, 7) is 5.03. The second-order valence-electron chi connectivity index (χ2n) is 4.80. The predicted octanol–water partition coefficient (Wildman–Crippen LogP) is 3.61. The molecule has 1 aliphatic rings. The molecule has 0 saturated carbocycles. The normalized spacial score (nSPS) is 12.5. The summed E-state index contributed by atoms with van der Waals surface area (Å²) in [6.07, 6.45) is 0. The molecular formula is C16H16O3. The third-order valence-corrected chi connectivity index (χ3v) is 3.03. The molecule has 1 aliphatic heterocycles. The first kappa shape index (κ1) is 11.9.